The van der Waals surface area contributed by atoms with Crippen molar-refractivity contribution in [1.29, 1.82) is 0 Å². The maximum Gasteiger partial charge on any atom is 0.238 e. The van der Waals surface area contributed by atoms with Gasteiger partial charge < -0.3 is 10.2 Å². The van der Waals surface area contributed by atoms with Crippen molar-refractivity contribution in [2.45, 2.75) is 31.3 Å². The van der Waals surface area contributed by atoms with Crippen molar-refractivity contribution in [3.05, 3.63) is 135 Å². The molecule has 0 aromatic heterocycles. The van der Waals surface area contributed by atoms with Gasteiger partial charge in [-0.15, -0.1) is 0 Å². The van der Waals surface area contributed by atoms with E-state index in [9.17, 15) is 14.4 Å². The fourth-order valence-electron chi connectivity index (χ4n) is 6.98. The van der Waals surface area contributed by atoms with Crippen LogP contribution in [0.25, 0.3) is 6.08 Å². The molecule has 3 aliphatic rings. The van der Waals surface area contributed by atoms with Crippen molar-refractivity contribution >= 4 is 46.5 Å². The van der Waals surface area contributed by atoms with Crippen molar-refractivity contribution in [3.63, 3.8) is 0 Å². The molecule has 6 heteroatoms. The molecular formula is C35H27ClN2O3. The predicted octanol–water partition coefficient (Wildman–Crippen LogP) is 6.81. The van der Waals surface area contributed by atoms with Crippen molar-refractivity contribution in [2.24, 2.45) is 5.92 Å². The van der Waals surface area contributed by atoms with Crippen LogP contribution >= 0.6 is 11.6 Å². The summed E-state index contributed by atoms with van der Waals surface area (Å²) >= 11 is 6.18. The fraction of sp³-hybridized carbons (Fsp3) is 0.171. The van der Waals surface area contributed by atoms with Crippen LogP contribution in [0.1, 0.15) is 43.0 Å². The van der Waals surface area contributed by atoms with Crippen molar-refractivity contribution in [2.75, 3.05) is 10.2 Å². The van der Waals surface area contributed by atoms with Gasteiger partial charge in [0.05, 0.1) is 12.0 Å². The summed E-state index contributed by atoms with van der Waals surface area (Å²) in [5, 5.41) is 3.58. The summed E-state index contributed by atoms with van der Waals surface area (Å²) < 4.78 is 0. The molecule has 1 spiro atoms. The number of benzene rings is 4. The van der Waals surface area contributed by atoms with Gasteiger partial charge >= 0.3 is 0 Å². The molecule has 4 aromatic carbocycles. The molecule has 1 amide bonds. The second-order valence-electron chi connectivity index (χ2n) is 11.2. The highest BCUT2D eigenvalue weighted by atomic mass is 35.5. The monoisotopic (exact) mass is 558 g/mol. The van der Waals surface area contributed by atoms with Gasteiger partial charge in [-0.2, -0.15) is 0 Å². The number of nitrogens with zero attached hydrogens (tertiary/aromatic N) is 1. The maximum absolute atomic E-state index is 14.8. The minimum Gasteiger partial charge on any atom is -0.352 e. The number of carbonyl (C=O) groups is 3. The van der Waals surface area contributed by atoms with Crippen LogP contribution in [-0.2, 0) is 10.2 Å². The number of hydrogen-bond donors (Lipinski definition) is 1. The van der Waals surface area contributed by atoms with Crippen LogP contribution in [0.3, 0.4) is 0 Å². The summed E-state index contributed by atoms with van der Waals surface area (Å²) in [6.45, 7) is 3.98. The van der Waals surface area contributed by atoms with Gasteiger partial charge in [0.1, 0.15) is 11.5 Å². The first-order valence-corrected chi connectivity index (χ1v) is 14.1. The first kappa shape index (κ1) is 25.5. The maximum atomic E-state index is 14.8. The fourth-order valence-corrected chi connectivity index (χ4v) is 7.11. The molecule has 1 N–H and O–H groups in total. The van der Waals surface area contributed by atoms with E-state index < -0.39 is 23.4 Å². The van der Waals surface area contributed by atoms with E-state index in [4.69, 9.17) is 11.6 Å². The Hall–Kier alpha value is -4.48. The van der Waals surface area contributed by atoms with E-state index in [1.807, 2.05) is 79.4 Å². The molecule has 4 aromatic rings. The number of Topliss-reactive ketones (excluding diaryl/α,β-unsaturated/α-hetero) is 2. The Morgan fingerprint density at radius 3 is 2.24 bits per heavy atom. The standard InChI is InChI=1S/C35H27ClN2O3/c1-20-7-10-22(11-8-20)32(39)30-31(33(40)23-12-15-25(36)16-13-23)38-28-17-9-21(2)19-24(28)14-18-29(38)35(30)26-5-3-4-6-27(26)37-34(35)41/h3-19,29-31H,1-2H3,(H,37,41)/t29-,30+,31+,35+/m1/s1. The smallest absolute Gasteiger partial charge is 0.238 e. The quantitative estimate of drug-likeness (QED) is 0.279. The number of fused-ring (bicyclic) bond motifs is 6. The molecule has 0 saturated carbocycles. The van der Waals surface area contributed by atoms with Crippen LogP contribution in [0.2, 0.25) is 5.02 Å². The topological polar surface area (TPSA) is 66.5 Å². The molecule has 7 rings (SSSR count). The second kappa shape index (κ2) is 9.28. The molecule has 4 atom stereocenters. The van der Waals surface area contributed by atoms with E-state index in [0.29, 0.717) is 21.8 Å². The Balaban J connectivity index is 1.53. The summed E-state index contributed by atoms with van der Waals surface area (Å²) in [4.78, 5) is 45.8. The average Bonchev–Trinajstić information content (AvgIpc) is 3.45. The number of carbonyl (C=O) groups excluding carboxylic acids is 3. The number of aryl methyl sites for hydroxylation is 2. The largest absolute Gasteiger partial charge is 0.352 e. The lowest BCUT2D eigenvalue weighted by molar-refractivity contribution is -0.121. The SMILES string of the molecule is Cc1ccc(C(=O)[C@@H]2[C@@H](C(=O)c3ccc(Cl)cc3)N3c4ccc(C)cc4C=C[C@@H]3[C@]23C(=O)Nc2ccccc23)cc1. The van der Waals surface area contributed by atoms with E-state index in [1.54, 1.807) is 36.4 Å². The number of ketones is 2. The zero-order valence-corrected chi connectivity index (χ0v) is 23.4. The van der Waals surface area contributed by atoms with Crippen LogP contribution in [-0.4, -0.2) is 29.6 Å². The van der Waals surface area contributed by atoms with E-state index in [2.05, 4.69) is 11.4 Å². The van der Waals surface area contributed by atoms with E-state index >= 15 is 0 Å². The summed E-state index contributed by atoms with van der Waals surface area (Å²) in [5.74, 6) is -1.74. The molecule has 0 bridgehead atoms. The number of nitrogens with one attached hydrogen (secondary N) is 1. The van der Waals surface area contributed by atoms with E-state index in [0.717, 1.165) is 27.9 Å². The molecule has 1 saturated heterocycles. The lowest BCUT2D eigenvalue weighted by Gasteiger charge is -2.37. The van der Waals surface area contributed by atoms with Gasteiger partial charge in [0, 0.05) is 27.5 Å². The Labute approximate surface area is 243 Å². The highest BCUT2D eigenvalue weighted by molar-refractivity contribution is 6.30. The third kappa shape index (κ3) is 3.65. The first-order valence-electron chi connectivity index (χ1n) is 13.7. The number of hydrogen-bond acceptors (Lipinski definition) is 4. The van der Waals surface area contributed by atoms with Gasteiger partial charge in [0.15, 0.2) is 11.6 Å². The minimum atomic E-state index is -1.33. The third-order valence-electron chi connectivity index (χ3n) is 8.80. The average molecular weight is 559 g/mol. The third-order valence-corrected chi connectivity index (χ3v) is 9.06. The van der Waals surface area contributed by atoms with Crippen LogP contribution in [0.15, 0.2) is 97.1 Å². The molecule has 202 valence electrons. The number of halogens is 1. The minimum absolute atomic E-state index is 0.229. The normalized spacial score (nSPS) is 23.6. The van der Waals surface area contributed by atoms with Crippen molar-refractivity contribution < 1.29 is 14.4 Å². The number of anilines is 2. The van der Waals surface area contributed by atoms with Gasteiger partial charge in [-0.1, -0.05) is 83.4 Å². The summed E-state index contributed by atoms with van der Waals surface area (Å²) in [6, 6.07) is 26.2. The van der Waals surface area contributed by atoms with Crippen LogP contribution in [0.5, 0.6) is 0 Å². The molecular weight excluding hydrogens is 532 g/mol. The van der Waals surface area contributed by atoms with Crippen LogP contribution < -0.4 is 10.2 Å². The molecule has 3 heterocycles. The van der Waals surface area contributed by atoms with Crippen LogP contribution in [0, 0.1) is 19.8 Å². The summed E-state index contributed by atoms with van der Waals surface area (Å²) in [6.07, 6.45) is 4.01. The molecule has 41 heavy (non-hydrogen) atoms. The van der Waals surface area contributed by atoms with E-state index in [-0.39, 0.29) is 17.5 Å². The Kier molecular flexibility index (Phi) is 5.77. The number of rotatable bonds is 4. The molecule has 1 fully saturated rings. The van der Waals surface area contributed by atoms with Gasteiger partial charge in [0.25, 0.3) is 0 Å². The van der Waals surface area contributed by atoms with Gasteiger partial charge in [0.2, 0.25) is 5.91 Å². The molecule has 0 aliphatic carbocycles. The Bertz CT molecular complexity index is 1780. The highest BCUT2D eigenvalue weighted by Gasteiger charge is 2.70. The van der Waals surface area contributed by atoms with Gasteiger partial charge in [-0.25, -0.2) is 0 Å². The zero-order valence-electron chi connectivity index (χ0n) is 22.6. The summed E-state index contributed by atoms with van der Waals surface area (Å²) in [7, 11) is 0. The summed E-state index contributed by atoms with van der Waals surface area (Å²) in [5.41, 5.74) is 4.85. The predicted molar refractivity (Wildman–Crippen MR) is 162 cm³/mol. The van der Waals surface area contributed by atoms with Gasteiger partial charge in [-0.05, 0) is 67.4 Å². The molecule has 5 nitrogen and oxygen atoms in total. The van der Waals surface area contributed by atoms with Crippen molar-refractivity contribution in [3.8, 4) is 0 Å². The zero-order chi connectivity index (χ0) is 28.5. The van der Waals surface area contributed by atoms with Crippen molar-refractivity contribution in [1.82, 2.24) is 0 Å². The molecule has 0 unspecified atom stereocenters. The Morgan fingerprint density at radius 2 is 1.49 bits per heavy atom. The first-order chi connectivity index (χ1) is 19.8. The van der Waals surface area contributed by atoms with Gasteiger partial charge in [-0.3, -0.25) is 14.4 Å². The van der Waals surface area contributed by atoms with E-state index in [1.165, 1.54) is 0 Å². The molecule has 0 radical (unpaired) electrons. The van der Waals surface area contributed by atoms with Crippen LogP contribution in [0.4, 0.5) is 11.4 Å². The molecule has 3 aliphatic heterocycles. The lowest BCUT2D eigenvalue weighted by Crippen LogP contribution is -2.51. The second-order valence-corrected chi connectivity index (χ2v) is 11.6. The number of amides is 1. The Morgan fingerprint density at radius 1 is 0.829 bits per heavy atom. The highest BCUT2D eigenvalue weighted by Crippen LogP contribution is 2.58. The lowest BCUT2D eigenvalue weighted by atomic mass is 9.64. The number of para-hydroxylation sites is 1.